The maximum absolute atomic E-state index is 12.4. The molecule has 3 atom stereocenters. The molecule has 62 heavy (non-hydrogen) atoms. The van der Waals surface area contributed by atoms with Crippen LogP contribution in [0.1, 0.15) is 66.5 Å². The molecule has 338 valence electrons. The Kier molecular flexibility index (Phi) is 20.6. The molecule has 1 N–H and O–H groups in total. The number of benzene rings is 4. The third kappa shape index (κ3) is 18.8. The van der Waals surface area contributed by atoms with Crippen LogP contribution in [0, 0.1) is 6.57 Å². The minimum absolute atomic E-state index is 0.0554. The van der Waals surface area contributed by atoms with Crippen LogP contribution in [0.3, 0.4) is 0 Å². The molecule has 0 aliphatic rings. The lowest BCUT2D eigenvalue weighted by atomic mass is 10.1. The van der Waals surface area contributed by atoms with Crippen LogP contribution in [0.15, 0.2) is 97.1 Å². The number of alkyl halides is 13. The Labute approximate surface area is 356 Å². The van der Waals surface area contributed by atoms with Crippen LogP contribution in [0.25, 0.3) is 4.85 Å². The van der Waals surface area contributed by atoms with Crippen molar-refractivity contribution in [3.63, 3.8) is 0 Å². The number of aliphatic hydroxyl groups is 1. The number of hydrogen-bond donors (Lipinski definition) is 1. The molecular weight excluding hydrogens is 942 g/mol. The zero-order valence-electron chi connectivity index (χ0n) is 32.8. The molecule has 8 nitrogen and oxygen atoms in total. The quantitative estimate of drug-likeness (QED) is 0.0468. The van der Waals surface area contributed by atoms with Gasteiger partial charge >= 0.3 is 42.9 Å². The summed E-state index contributed by atoms with van der Waals surface area (Å²) in [5.41, 5.74) is -1.88. The Balaban J connectivity index is 0.000000417. The highest BCUT2D eigenvalue weighted by atomic mass is 79.9. The van der Waals surface area contributed by atoms with Gasteiger partial charge in [0.2, 0.25) is 0 Å². The van der Waals surface area contributed by atoms with Gasteiger partial charge in [-0.2, -0.15) is 52.7 Å². The molecule has 4 aromatic carbocycles. The molecule has 4 aromatic rings. The van der Waals surface area contributed by atoms with E-state index in [9.17, 15) is 72.2 Å². The molecule has 0 amide bonds. The number of esters is 2. The molecule has 0 aliphatic carbocycles. The van der Waals surface area contributed by atoms with Crippen molar-refractivity contribution in [3.8, 4) is 0 Å². The number of hydrogen-bond acceptors (Lipinski definition) is 7. The molecule has 0 aliphatic heterocycles. The van der Waals surface area contributed by atoms with E-state index in [4.69, 9.17) is 11.0 Å². The topological polar surface area (TPSA) is 103 Å². The van der Waals surface area contributed by atoms with Crippen LogP contribution in [0.5, 0.6) is 0 Å². The van der Waals surface area contributed by atoms with Gasteiger partial charge in [-0.25, -0.2) is 11.4 Å². The first-order valence-corrected chi connectivity index (χ1v) is 21.4. The fraction of sp³-hybridized carbons (Fsp3) is 0.300. The standard InChI is InChI=1S/C12H14F3NOSi.C10H8BrF3O2.C10H9F3O3.C8H5F3O/c1-16-11(17-18(2,3)4)9-5-7-10(8-6-9)12(13,14)15;1-16-9(15)8(11)6-2-4-7(5-3-6)10(12,13)14;1-16-9(15)8(14)6-2-4-7(5-3-6)10(11,12)13;9-8(10,11)7-3-1-6(5-12)2-4-7/h5-8,11H,2-4H3;2-5,8H,1H3;2-5,8,14H,1H3;1-5H. The van der Waals surface area contributed by atoms with E-state index in [1.165, 1.54) is 31.4 Å². The van der Waals surface area contributed by atoms with Crippen LogP contribution in [0.4, 0.5) is 52.7 Å². The average molecular weight is 979 g/mol. The second-order valence-electron chi connectivity index (χ2n) is 13.1. The van der Waals surface area contributed by atoms with Crippen LogP contribution in [-0.4, -0.2) is 45.9 Å². The van der Waals surface area contributed by atoms with Crippen LogP contribution in [0.2, 0.25) is 19.6 Å². The molecular formula is C40H36BrF12NO7Si. The van der Waals surface area contributed by atoms with Gasteiger partial charge in [0.25, 0.3) is 0 Å². The van der Waals surface area contributed by atoms with E-state index in [1.54, 1.807) is 0 Å². The third-order valence-electron chi connectivity index (χ3n) is 7.40. The Hall–Kier alpha value is -5.24. The summed E-state index contributed by atoms with van der Waals surface area (Å²) in [5, 5.41) is 9.33. The van der Waals surface area contributed by atoms with Crippen molar-refractivity contribution in [2.24, 2.45) is 0 Å². The Morgan fingerprint density at radius 2 is 0.903 bits per heavy atom. The third-order valence-corrected chi connectivity index (χ3v) is 9.23. The van der Waals surface area contributed by atoms with Gasteiger partial charge < -0.3 is 19.0 Å². The van der Waals surface area contributed by atoms with Crippen molar-refractivity contribution < 1.29 is 86.1 Å². The van der Waals surface area contributed by atoms with Gasteiger partial charge in [-0.05, 0) is 91.4 Å². The minimum atomic E-state index is -4.44. The predicted molar refractivity (Wildman–Crippen MR) is 206 cm³/mol. The lowest BCUT2D eigenvalue weighted by molar-refractivity contribution is -0.150. The van der Waals surface area contributed by atoms with Crippen molar-refractivity contribution in [3.05, 3.63) is 153 Å². The number of aldehydes is 1. The van der Waals surface area contributed by atoms with E-state index < -0.39 is 84.4 Å². The molecule has 4 rings (SSSR count). The molecule has 0 fully saturated rings. The first kappa shape index (κ1) is 54.8. The van der Waals surface area contributed by atoms with E-state index in [0.29, 0.717) is 17.4 Å². The van der Waals surface area contributed by atoms with Crippen LogP contribution < -0.4 is 0 Å². The maximum Gasteiger partial charge on any atom is 0.416 e. The smallest absolute Gasteiger partial charge is 0.416 e. The molecule has 0 saturated heterocycles. The second-order valence-corrected chi connectivity index (χ2v) is 18.5. The van der Waals surface area contributed by atoms with Crippen molar-refractivity contribution in [1.82, 2.24) is 0 Å². The van der Waals surface area contributed by atoms with Gasteiger partial charge in [-0.3, -0.25) is 14.4 Å². The fourth-order valence-corrected chi connectivity index (χ4v) is 5.62. The Morgan fingerprint density at radius 1 is 0.597 bits per heavy atom. The summed E-state index contributed by atoms with van der Waals surface area (Å²) in [6.45, 7) is 12.8. The summed E-state index contributed by atoms with van der Waals surface area (Å²) in [7, 11) is 0.378. The second kappa shape index (κ2) is 23.3. The molecule has 3 unspecified atom stereocenters. The number of methoxy groups -OCH3 is 2. The monoisotopic (exact) mass is 977 g/mol. The van der Waals surface area contributed by atoms with E-state index >= 15 is 0 Å². The van der Waals surface area contributed by atoms with Crippen LogP contribution in [-0.2, 0) is 48.2 Å². The summed E-state index contributed by atoms with van der Waals surface area (Å²) in [5.74, 6) is -1.47. The summed E-state index contributed by atoms with van der Waals surface area (Å²) in [6, 6.07) is 16.5. The Bertz CT molecular complexity index is 1990. The van der Waals surface area contributed by atoms with Crippen molar-refractivity contribution in [1.29, 1.82) is 0 Å². The summed E-state index contributed by atoms with van der Waals surface area (Å²) < 4.78 is 161. The van der Waals surface area contributed by atoms with Crippen LogP contribution >= 0.6 is 15.9 Å². The zero-order chi connectivity index (χ0) is 47.9. The highest BCUT2D eigenvalue weighted by Crippen LogP contribution is 2.34. The van der Waals surface area contributed by atoms with E-state index in [-0.39, 0.29) is 11.1 Å². The number of rotatable bonds is 8. The van der Waals surface area contributed by atoms with Gasteiger partial charge in [0.05, 0.1) is 42.0 Å². The van der Waals surface area contributed by atoms with Crippen molar-refractivity contribution in [2.75, 3.05) is 14.2 Å². The number of ether oxygens (including phenoxy) is 2. The first-order chi connectivity index (χ1) is 28.4. The molecule has 0 aromatic heterocycles. The summed E-state index contributed by atoms with van der Waals surface area (Å²) >= 11 is 3.03. The molecule has 0 radical (unpaired) electrons. The van der Waals surface area contributed by atoms with Crippen molar-refractivity contribution >= 4 is 42.5 Å². The lowest BCUT2D eigenvalue weighted by Crippen LogP contribution is -2.26. The molecule has 22 heteroatoms. The minimum Gasteiger partial charge on any atom is -0.468 e. The number of nitrogens with zero attached hydrogens (tertiary/aromatic N) is 1. The molecule has 0 heterocycles. The van der Waals surface area contributed by atoms with Gasteiger partial charge in [0, 0.05) is 5.56 Å². The Morgan fingerprint density at radius 3 is 1.18 bits per heavy atom. The average Bonchev–Trinajstić information content (AvgIpc) is 3.21. The first-order valence-electron chi connectivity index (χ1n) is 17.1. The summed E-state index contributed by atoms with van der Waals surface area (Å²) in [6.07, 6.45) is -19.4. The molecule has 0 bridgehead atoms. The number of halogens is 13. The fourth-order valence-electron chi connectivity index (χ4n) is 4.27. The highest BCUT2D eigenvalue weighted by Gasteiger charge is 2.34. The molecule has 0 saturated carbocycles. The summed E-state index contributed by atoms with van der Waals surface area (Å²) in [4.78, 5) is 34.7. The zero-order valence-corrected chi connectivity index (χ0v) is 35.4. The van der Waals surface area contributed by atoms with Crippen molar-refractivity contribution in [2.45, 2.75) is 61.5 Å². The number of carbonyl (C=O) groups is 3. The predicted octanol–water partition coefficient (Wildman–Crippen LogP) is 12.2. The molecule has 0 spiro atoms. The lowest BCUT2D eigenvalue weighted by Gasteiger charge is -2.18. The normalized spacial score (nSPS) is 13.1. The number of aliphatic hydroxyl groups excluding tert-OH is 1. The van der Waals surface area contributed by atoms with Gasteiger partial charge in [0.15, 0.2) is 14.4 Å². The van der Waals surface area contributed by atoms with Gasteiger partial charge in [-0.15, -0.1) is 0 Å². The van der Waals surface area contributed by atoms with E-state index in [0.717, 1.165) is 79.9 Å². The SMILES string of the molecule is COC(=O)C(Br)c1ccc(C(F)(F)F)cc1.COC(=O)C(O)c1ccc(C(F)(F)F)cc1.O=Cc1ccc(C(F)(F)F)cc1.[C-]#[N+]C(O[Si](C)(C)C)c1ccc(C(F)(F)F)cc1. The number of carbonyl (C=O) groups excluding carboxylic acids is 3. The largest absolute Gasteiger partial charge is 0.468 e. The van der Waals surface area contributed by atoms with Gasteiger partial charge in [0.1, 0.15) is 11.1 Å². The highest BCUT2D eigenvalue weighted by molar-refractivity contribution is 9.09. The van der Waals surface area contributed by atoms with E-state index in [2.05, 4.69) is 30.2 Å². The van der Waals surface area contributed by atoms with Gasteiger partial charge in [-0.1, -0.05) is 52.3 Å². The van der Waals surface area contributed by atoms with E-state index in [1.807, 2.05) is 19.6 Å². The maximum atomic E-state index is 12.4.